The van der Waals surface area contributed by atoms with Crippen LogP contribution in [0.15, 0.2) is 24.3 Å². The highest BCUT2D eigenvalue weighted by Gasteiger charge is 1.96. The van der Waals surface area contributed by atoms with Gasteiger partial charge in [-0.2, -0.15) is 0 Å². The van der Waals surface area contributed by atoms with Gasteiger partial charge in [-0.3, -0.25) is 4.79 Å². The number of hydrogen-bond acceptors (Lipinski definition) is 2. The van der Waals surface area contributed by atoms with Gasteiger partial charge < -0.3 is 11.1 Å². The first kappa shape index (κ1) is 11.9. The molecule has 0 saturated heterocycles. The summed E-state index contributed by atoms with van der Waals surface area (Å²) >= 11 is 0. The number of amides is 1. The van der Waals surface area contributed by atoms with E-state index in [-0.39, 0.29) is 24.9 Å². The normalized spacial score (nSPS) is 8.77. The van der Waals surface area contributed by atoms with Gasteiger partial charge in [0.15, 0.2) is 0 Å². The van der Waals surface area contributed by atoms with Gasteiger partial charge >= 0.3 is 0 Å². The highest BCUT2D eigenvalue weighted by atomic mass is 35.5. The Labute approximate surface area is 83.7 Å². The number of anilines is 1. The van der Waals surface area contributed by atoms with Crippen molar-refractivity contribution in [2.75, 3.05) is 11.9 Å². The quantitative estimate of drug-likeness (QED) is 0.757. The van der Waals surface area contributed by atoms with E-state index in [1.807, 2.05) is 31.2 Å². The van der Waals surface area contributed by atoms with E-state index >= 15 is 0 Å². The standard InChI is InChI=1S/C9H12N2O.ClH/c1-7-2-4-8(5-3-7)11-9(12)6-10;/h2-5H,6,10H2,1H3,(H,11,12);1H. The number of carbonyl (C=O) groups excluding carboxylic acids is 1. The third kappa shape index (κ3) is 3.92. The molecule has 1 rings (SSSR count). The van der Waals surface area contributed by atoms with Gasteiger partial charge in [0.25, 0.3) is 0 Å². The van der Waals surface area contributed by atoms with E-state index in [9.17, 15) is 4.79 Å². The lowest BCUT2D eigenvalue weighted by molar-refractivity contribution is -0.114. The molecule has 0 unspecified atom stereocenters. The highest BCUT2D eigenvalue weighted by molar-refractivity contribution is 5.92. The molecule has 1 aromatic carbocycles. The summed E-state index contributed by atoms with van der Waals surface area (Å²) in [5.74, 6) is -0.168. The Hall–Kier alpha value is -1.06. The van der Waals surface area contributed by atoms with Gasteiger partial charge in [-0.15, -0.1) is 12.4 Å². The maximum absolute atomic E-state index is 10.8. The Balaban J connectivity index is 0.00000144. The summed E-state index contributed by atoms with van der Waals surface area (Å²) in [6.45, 7) is 2.02. The second-order valence-corrected chi connectivity index (χ2v) is 2.62. The van der Waals surface area contributed by atoms with Crippen molar-refractivity contribution < 1.29 is 4.79 Å². The van der Waals surface area contributed by atoms with Crippen molar-refractivity contribution in [1.29, 1.82) is 0 Å². The third-order valence-electron chi connectivity index (χ3n) is 1.52. The molecular formula is C9H13ClN2O. The van der Waals surface area contributed by atoms with Crippen molar-refractivity contribution in [2.24, 2.45) is 5.73 Å². The maximum Gasteiger partial charge on any atom is 0.238 e. The predicted molar refractivity (Wildman–Crippen MR) is 56.1 cm³/mol. The zero-order valence-electron chi connectivity index (χ0n) is 7.41. The highest BCUT2D eigenvalue weighted by Crippen LogP contribution is 2.07. The van der Waals surface area contributed by atoms with Crippen molar-refractivity contribution in [3.05, 3.63) is 29.8 Å². The number of aryl methyl sites for hydroxylation is 1. The van der Waals surface area contributed by atoms with E-state index in [0.717, 1.165) is 5.69 Å². The van der Waals surface area contributed by atoms with Crippen LogP contribution in [0.25, 0.3) is 0 Å². The molecule has 0 saturated carbocycles. The fourth-order valence-electron chi connectivity index (χ4n) is 0.849. The van der Waals surface area contributed by atoms with Crippen LogP contribution in [0, 0.1) is 6.92 Å². The molecule has 0 spiro atoms. The van der Waals surface area contributed by atoms with E-state index < -0.39 is 0 Å². The number of nitrogens with two attached hydrogens (primary N) is 1. The molecule has 0 aliphatic heterocycles. The third-order valence-corrected chi connectivity index (χ3v) is 1.52. The summed E-state index contributed by atoms with van der Waals surface area (Å²) in [5, 5.41) is 2.65. The lowest BCUT2D eigenvalue weighted by atomic mass is 10.2. The van der Waals surface area contributed by atoms with Crippen molar-refractivity contribution >= 4 is 24.0 Å². The molecule has 0 aliphatic carbocycles. The Bertz CT molecular complexity index is 271. The fraction of sp³-hybridized carbons (Fsp3) is 0.222. The predicted octanol–water partition coefficient (Wildman–Crippen LogP) is 1.31. The second kappa shape index (κ2) is 5.56. The number of halogens is 1. The van der Waals surface area contributed by atoms with Crippen LogP contribution in [0.3, 0.4) is 0 Å². The fourth-order valence-corrected chi connectivity index (χ4v) is 0.849. The topological polar surface area (TPSA) is 55.1 Å². The van der Waals surface area contributed by atoms with Crippen LogP contribution < -0.4 is 11.1 Å². The van der Waals surface area contributed by atoms with Gasteiger partial charge in [0.05, 0.1) is 6.54 Å². The Morgan fingerprint density at radius 3 is 2.38 bits per heavy atom. The van der Waals surface area contributed by atoms with Crippen LogP contribution in [0.1, 0.15) is 5.56 Å². The van der Waals surface area contributed by atoms with Crippen molar-refractivity contribution in [2.45, 2.75) is 6.92 Å². The van der Waals surface area contributed by atoms with Crippen LogP contribution in [0.2, 0.25) is 0 Å². The zero-order chi connectivity index (χ0) is 8.97. The first-order chi connectivity index (χ1) is 5.72. The molecule has 13 heavy (non-hydrogen) atoms. The molecule has 1 amide bonds. The Kier molecular flexibility index (Phi) is 5.11. The minimum Gasteiger partial charge on any atom is -0.325 e. The van der Waals surface area contributed by atoms with Gasteiger partial charge in [-0.05, 0) is 19.1 Å². The van der Waals surface area contributed by atoms with Gasteiger partial charge in [0.2, 0.25) is 5.91 Å². The van der Waals surface area contributed by atoms with Crippen molar-refractivity contribution in [3.8, 4) is 0 Å². The summed E-state index contributed by atoms with van der Waals surface area (Å²) in [6.07, 6.45) is 0. The SMILES string of the molecule is Cc1ccc(NC(=O)CN)cc1.Cl. The lowest BCUT2D eigenvalue weighted by Gasteiger charge is -2.02. The monoisotopic (exact) mass is 200 g/mol. The molecule has 4 heteroatoms. The molecule has 0 bridgehead atoms. The van der Waals surface area contributed by atoms with Crippen molar-refractivity contribution in [1.82, 2.24) is 0 Å². The molecule has 72 valence electrons. The molecule has 0 aromatic heterocycles. The molecule has 3 N–H and O–H groups in total. The van der Waals surface area contributed by atoms with E-state index in [0.29, 0.717) is 0 Å². The Morgan fingerprint density at radius 1 is 1.38 bits per heavy atom. The van der Waals surface area contributed by atoms with Gasteiger partial charge in [0, 0.05) is 5.69 Å². The number of rotatable bonds is 2. The Morgan fingerprint density at radius 2 is 1.92 bits per heavy atom. The summed E-state index contributed by atoms with van der Waals surface area (Å²) in [6, 6.07) is 7.57. The van der Waals surface area contributed by atoms with Crippen LogP contribution in [-0.4, -0.2) is 12.5 Å². The van der Waals surface area contributed by atoms with E-state index in [1.54, 1.807) is 0 Å². The molecule has 0 heterocycles. The average Bonchev–Trinajstić information content (AvgIpc) is 2.09. The van der Waals surface area contributed by atoms with E-state index in [4.69, 9.17) is 5.73 Å². The number of benzene rings is 1. The van der Waals surface area contributed by atoms with Crippen LogP contribution in [0.5, 0.6) is 0 Å². The first-order valence-electron chi connectivity index (χ1n) is 3.79. The molecule has 3 nitrogen and oxygen atoms in total. The van der Waals surface area contributed by atoms with E-state index in [2.05, 4.69) is 5.32 Å². The molecular weight excluding hydrogens is 188 g/mol. The van der Waals surface area contributed by atoms with Crippen LogP contribution in [-0.2, 0) is 4.79 Å². The molecule has 0 aliphatic rings. The van der Waals surface area contributed by atoms with Gasteiger partial charge in [-0.1, -0.05) is 17.7 Å². The molecule has 1 aromatic rings. The minimum atomic E-state index is -0.168. The molecule has 0 fully saturated rings. The van der Waals surface area contributed by atoms with E-state index in [1.165, 1.54) is 5.56 Å². The summed E-state index contributed by atoms with van der Waals surface area (Å²) in [7, 11) is 0. The molecule has 0 radical (unpaired) electrons. The first-order valence-corrected chi connectivity index (χ1v) is 3.79. The van der Waals surface area contributed by atoms with Gasteiger partial charge in [-0.25, -0.2) is 0 Å². The van der Waals surface area contributed by atoms with Crippen LogP contribution >= 0.6 is 12.4 Å². The summed E-state index contributed by atoms with van der Waals surface area (Å²) in [5.41, 5.74) is 7.09. The largest absolute Gasteiger partial charge is 0.325 e. The van der Waals surface area contributed by atoms with Crippen molar-refractivity contribution in [3.63, 3.8) is 0 Å². The zero-order valence-corrected chi connectivity index (χ0v) is 8.23. The number of hydrogen-bond donors (Lipinski definition) is 2. The second-order valence-electron chi connectivity index (χ2n) is 2.62. The smallest absolute Gasteiger partial charge is 0.238 e. The van der Waals surface area contributed by atoms with Crippen LogP contribution in [0.4, 0.5) is 5.69 Å². The maximum atomic E-state index is 10.8. The lowest BCUT2D eigenvalue weighted by Crippen LogP contribution is -2.21. The number of carbonyl (C=O) groups is 1. The minimum absolute atomic E-state index is 0. The summed E-state index contributed by atoms with van der Waals surface area (Å²) in [4.78, 5) is 10.8. The number of nitrogens with one attached hydrogen (secondary N) is 1. The summed E-state index contributed by atoms with van der Waals surface area (Å²) < 4.78 is 0. The van der Waals surface area contributed by atoms with Gasteiger partial charge in [0.1, 0.15) is 0 Å². The average molecular weight is 201 g/mol. The molecule has 0 atom stereocenters.